The van der Waals surface area contributed by atoms with Crippen LogP contribution in [0.15, 0.2) is 59.0 Å². The number of aromatic nitrogens is 2. The molecule has 3 rings (SSSR count). The van der Waals surface area contributed by atoms with Crippen molar-refractivity contribution in [3.63, 3.8) is 0 Å². The van der Waals surface area contributed by atoms with Crippen molar-refractivity contribution in [2.24, 2.45) is 5.41 Å². The average molecular weight is 370 g/mol. The first-order valence-electron chi connectivity index (χ1n) is 8.30. The van der Waals surface area contributed by atoms with Crippen LogP contribution in [0.1, 0.15) is 38.3 Å². The third-order valence-electron chi connectivity index (χ3n) is 3.87. The Morgan fingerprint density at radius 1 is 1.04 bits per heavy atom. The molecule has 0 aliphatic heterocycles. The minimum atomic E-state index is -0.536. The number of carbonyl (C=O) groups is 1. The van der Waals surface area contributed by atoms with Gasteiger partial charge in [-0.15, -0.1) is 10.2 Å². The standard InChI is InChI=1S/C20H20ClN3O2/c1-20(2,3)19(25)22-16(13-7-5-4-6-8-13)18-24-23-17(26-18)14-9-11-15(21)12-10-14/h4-12,16H,1-3H3,(H,22,25)/t16-/m0/s1. The molecule has 5 nitrogen and oxygen atoms in total. The van der Waals surface area contributed by atoms with Gasteiger partial charge in [-0.2, -0.15) is 0 Å². The smallest absolute Gasteiger partial charge is 0.247 e. The van der Waals surface area contributed by atoms with Crippen LogP contribution in [0.5, 0.6) is 0 Å². The van der Waals surface area contributed by atoms with Crippen LogP contribution in [-0.2, 0) is 4.79 Å². The monoisotopic (exact) mass is 369 g/mol. The summed E-state index contributed by atoms with van der Waals surface area (Å²) in [5.41, 5.74) is 1.10. The van der Waals surface area contributed by atoms with Crippen LogP contribution in [0.2, 0.25) is 5.02 Å². The summed E-state index contributed by atoms with van der Waals surface area (Å²) >= 11 is 5.92. The van der Waals surface area contributed by atoms with Crippen molar-refractivity contribution in [1.29, 1.82) is 0 Å². The third kappa shape index (κ3) is 4.11. The van der Waals surface area contributed by atoms with E-state index in [1.807, 2.05) is 63.2 Å². The van der Waals surface area contributed by atoms with Gasteiger partial charge in [-0.25, -0.2) is 0 Å². The molecule has 1 aromatic heterocycles. The van der Waals surface area contributed by atoms with E-state index < -0.39 is 11.5 Å². The van der Waals surface area contributed by atoms with Gasteiger partial charge in [0.15, 0.2) is 0 Å². The minimum absolute atomic E-state index is 0.0994. The number of nitrogens with one attached hydrogen (secondary N) is 1. The summed E-state index contributed by atoms with van der Waals surface area (Å²) in [6.07, 6.45) is 0. The summed E-state index contributed by atoms with van der Waals surface area (Å²) in [4.78, 5) is 12.5. The van der Waals surface area contributed by atoms with Gasteiger partial charge < -0.3 is 9.73 Å². The molecule has 0 spiro atoms. The van der Waals surface area contributed by atoms with E-state index in [0.29, 0.717) is 16.8 Å². The van der Waals surface area contributed by atoms with Gasteiger partial charge in [0.05, 0.1) is 0 Å². The summed E-state index contributed by atoms with van der Waals surface area (Å²) in [6.45, 7) is 5.58. The Hall–Kier alpha value is -2.66. The van der Waals surface area contributed by atoms with Gasteiger partial charge in [0.25, 0.3) is 0 Å². The van der Waals surface area contributed by atoms with Gasteiger partial charge in [0.2, 0.25) is 17.7 Å². The molecule has 0 fully saturated rings. The highest BCUT2D eigenvalue weighted by Crippen LogP contribution is 2.27. The van der Waals surface area contributed by atoms with Crippen molar-refractivity contribution < 1.29 is 9.21 Å². The number of carbonyl (C=O) groups excluding carboxylic acids is 1. The Labute approximate surface area is 157 Å². The number of nitrogens with zero attached hydrogens (tertiary/aromatic N) is 2. The first kappa shape index (κ1) is 18.1. The zero-order valence-electron chi connectivity index (χ0n) is 14.9. The Balaban J connectivity index is 1.95. The zero-order valence-corrected chi connectivity index (χ0v) is 15.6. The van der Waals surface area contributed by atoms with Gasteiger partial charge in [0, 0.05) is 16.0 Å². The summed E-state index contributed by atoms with van der Waals surface area (Å²) in [7, 11) is 0. The van der Waals surface area contributed by atoms with Crippen LogP contribution in [0, 0.1) is 5.41 Å². The van der Waals surface area contributed by atoms with Crippen LogP contribution >= 0.6 is 11.6 Å². The molecule has 3 aromatic rings. The highest BCUT2D eigenvalue weighted by atomic mass is 35.5. The van der Waals surface area contributed by atoms with E-state index >= 15 is 0 Å². The van der Waals surface area contributed by atoms with Gasteiger partial charge in [0.1, 0.15) is 6.04 Å². The number of benzene rings is 2. The van der Waals surface area contributed by atoms with Gasteiger partial charge in [-0.1, -0.05) is 62.7 Å². The van der Waals surface area contributed by atoms with Crippen molar-refractivity contribution in [1.82, 2.24) is 15.5 Å². The average Bonchev–Trinajstić information content (AvgIpc) is 3.09. The van der Waals surface area contributed by atoms with Crippen molar-refractivity contribution in [3.05, 3.63) is 71.1 Å². The number of rotatable bonds is 4. The fraction of sp³-hybridized carbons (Fsp3) is 0.250. The molecular weight excluding hydrogens is 350 g/mol. The number of halogens is 1. The Kier molecular flexibility index (Phi) is 5.09. The number of hydrogen-bond acceptors (Lipinski definition) is 4. The fourth-order valence-electron chi connectivity index (χ4n) is 2.34. The molecule has 134 valence electrons. The van der Waals surface area contributed by atoms with E-state index in [2.05, 4.69) is 15.5 Å². The summed E-state index contributed by atoms with van der Waals surface area (Å²) in [6, 6.07) is 16.2. The molecule has 2 aromatic carbocycles. The quantitative estimate of drug-likeness (QED) is 0.727. The van der Waals surface area contributed by atoms with Crippen LogP contribution < -0.4 is 5.32 Å². The third-order valence-corrected chi connectivity index (χ3v) is 4.12. The molecular formula is C20H20ClN3O2. The molecule has 0 radical (unpaired) electrons. The summed E-state index contributed by atoms with van der Waals surface area (Å²) in [5.74, 6) is 0.610. The van der Waals surface area contributed by atoms with E-state index in [1.54, 1.807) is 12.1 Å². The Morgan fingerprint density at radius 3 is 2.31 bits per heavy atom. The van der Waals surface area contributed by atoms with E-state index in [4.69, 9.17) is 16.0 Å². The minimum Gasteiger partial charge on any atom is -0.418 e. The highest BCUT2D eigenvalue weighted by molar-refractivity contribution is 6.30. The predicted octanol–water partition coefficient (Wildman–Crippen LogP) is 4.64. The second kappa shape index (κ2) is 7.30. The molecule has 1 amide bonds. The maximum absolute atomic E-state index is 12.5. The van der Waals surface area contributed by atoms with Gasteiger partial charge >= 0.3 is 0 Å². The number of hydrogen-bond donors (Lipinski definition) is 1. The van der Waals surface area contributed by atoms with Gasteiger partial charge in [-0.05, 0) is 29.8 Å². The summed E-state index contributed by atoms with van der Waals surface area (Å²) < 4.78 is 5.86. The van der Waals surface area contributed by atoms with E-state index in [1.165, 1.54) is 0 Å². The van der Waals surface area contributed by atoms with Crippen LogP contribution in [0.4, 0.5) is 0 Å². The lowest BCUT2D eigenvalue weighted by molar-refractivity contribution is -0.129. The molecule has 0 saturated heterocycles. The van der Waals surface area contributed by atoms with E-state index in [0.717, 1.165) is 11.1 Å². The van der Waals surface area contributed by atoms with E-state index in [-0.39, 0.29) is 5.91 Å². The number of amides is 1. The largest absolute Gasteiger partial charge is 0.418 e. The normalized spacial score (nSPS) is 12.6. The van der Waals surface area contributed by atoms with Crippen molar-refractivity contribution >= 4 is 17.5 Å². The Morgan fingerprint density at radius 2 is 1.69 bits per heavy atom. The van der Waals surface area contributed by atoms with Crippen molar-refractivity contribution in [2.75, 3.05) is 0 Å². The molecule has 6 heteroatoms. The molecule has 0 aliphatic rings. The molecule has 0 bridgehead atoms. The molecule has 0 unspecified atom stereocenters. The molecule has 0 saturated carbocycles. The molecule has 1 heterocycles. The highest BCUT2D eigenvalue weighted by Gasteiger charge is 2.28. The molecule has 1 atom stereocenters. The zero-order chi connectivity index (χ0) is 18.7. The maximum Gasteiger partial charge on any atom is 0.247 e. The van der Waals surface area contributed by atoms with E-state index in [9.17, 15) is 4.79 Å². The van der Waals surface area contributed by atoms with Crippen LogP contribution in [0.25, 0.3) is 11.5 Å². The molecule has 26 heavy (non-hydrogen) atoms. The topological polar surface area (TPSA) is 68.0 Å². The SMILES string of the molecule is CC(C)(C)C(=O)N[C@@H](c1ccccc1)c1nnc(-c2ccc(Cl)cc2)o1. The van der Waals surface area contributed by atoms with Gasteiger partial charge in [-0.3, -0.25) is 4.79 Å². The molecule has 0 aliphatic carbocycles. The first-order chi connectivity index (χ1) is 12.3. The van der Waals surface area contributed by atoms with Crippen molar-refractivity contribution in [2.45, 2.75) is 26.8 Å². The molecule has 1 N–H and O–H groups in total. The maximum atomic E-state index is 12.5. The Bertz CT molecular complexity index is 883. The van der Waals surface area contributed by atoms with Crippen LogP contribution in [0.3, 0.4) is 0 Å². The fourth-order valence-corrected chi connectivity index (χ4v) is 2.47. The lowest BCUT2D eigenvalue weighted by atomic mass is 9.94. The van der Waals surface area contributed by atoms with Crippen molar-refractivity contribution in [3.8, 4) is 11.5 Å². The van der Waals surface area contributed by atoms with Crippen LogP contribution in [-0.4, -0.2) is 16.1 Å². The lowest BCUT2D eigenvalue weighted by Crippen LogP contribution is -2.38. The predicted molar refractivity (Wildman–Crippen MR) is 101 cm³/mol. The first-order valence-corrected chi connectivity index (χ1v) is 8.67. The second-order valence-corrected chi connectivity index (χ2v) is 7.46. The summed E-state index contributed by atoms with van der Waals surface area (Å²) in [5, 5.41) is 11.9. The lowest BCUT2D eigenvalue weighted by Gasteiger charge is -2.22. The second-order valence-electron chi connectivity index (χ2n) is 7.02.